The first-order valence-electron chi connectivity index (χ1n) is 3.91. The molecule has 0 radical (unpaired) electrons. The van der Waals surface area contributed by atoms with Gasteiger partial charge in [0.25, 0.3) is 5.78 Å². The number of carbonyl (C=O) groups excluding carboxylic acids is 1. The molecule has 1 rings (SSSR count). The largest absolute Gasteiger partial charge is 0.475 e. The molecule has 0 amide bonds. The van der Waals surface area contributed by atoms with Gasteiger partial charge < -0.3 is 5.11 Å². The number of hydrogen-bond donors (Lipinski definition) is 1. The highest BCUT2D eigenvalue weighted by molar-refractivity contribution is 9.10. The zero-order valence-corrected chi connectivity index (χ0v) is 8.99. The molecular formula is C10H6BrFO3. The molecule has 0 unspecified atom stereocenters. The maximum Gasteiger partial charge on any atom is 0.376 e. The van der Waals surface area contributed by atoms with E-state index in [4.69, 9.17) is 5.11 Å². The first-order valence-corrected chi connectivity index (χ1v) is 4.70. The Morgan fingerprint density at radius 2 is 2.07 bits per heavy atom. The molecule has 0 heterocycles. The third-order valence-corrected chi connectivity index (χ3v) is 2.19. The number of hydrogen-bond acceptors (Lipinski definition) is 2. The molecule has 1 aromatic carbocycles. The minimum atomic E-state index is -1.52. The molecule has 0 bridgehead atoms. The van der Waals surface area contributed by atoms with Crippen LogP contribution in [0.15, 0.2) is 28.7 Å². The number of rotatable bonds is 3. The Hall–Kier alpha value is -1.49. The lowest BCUT2D eigenvalue weighted by Gasteiger charge is -1.95. The molecule has 0 fully saturated rings. The van der Waals surface area contributed by atoms with Gasteiger partial charge in [-0.25, -0.2) is 9.18 Å². The van der Waals surface area contributed by atoms with Gasteiger partial charge in [-0.1, -0.05) is 12.1 Å². The zero-order valence-electron chi connectivity index (χ0n) is 7.41. The molecular weight excluding hydrogens is 267 g/mol. The van der Waals surface area contributed by atoms with Crippen LogP contribution in [0, 0.1) is 5.82 Å². The monoisotopic (exact) mass is 272 g/mol. The molecule has 0 saturated carbocycles. The van der Waals surface area contributed by atoms with Crippen molar-refractivity contribution in [1.29, 1.82) is 0 Å². The van der Waals surface area contributed by atoms with E-state index in [1.54, 1.807) is 0 Å². The van der Waals surface area contributed by atoms with Gasteiger partial charge in [0.15, 0.2) is 0 Å². The second kappa shape index (κ2) is 4.84. The Morgan fingerprint density at radius 1 is 1.40 bits per heavy atom. The molecule has 1 N–H and O–H groups in total. The highest BCUT2D eigenvalue weighted by atomic mass is 79.9. The van der Waals surface area contributed by atoms with Crippen molar-refractivity contribution in [3.8, 4) is 0 Å². The smallest absolute Gasteiger partial charge is 0.376 e. The van der Waals surface area contributed by atoms with Crippen LogP contribution in [0.2, 0.25) is 0 Å². The molecule has 0 aliphatic heterocycles. The first kappa shape index (κ1) is 11.6. The molecule has 0 aliphatic rings. The maximum atomic E-state index is 12.8. The molecule has 15 heavy (non-hydrogen) atoms. The Balaban J connectivity index is 2.86. The van der Waals surface area contributed by atoms with Crippen LogP contribution < -0.4 is 0 Å². The highest BCUT2D eigenvalue weighted by Gasteiger charge is 2.05. The number of carboxylic acids is 1. The van der Waals surface area contributed by atoms with Crippen LogP contribution in [0.25, 0.3) is 6.08 Å². The van der Waals surface area contributed by atoms with Crippen molar-refractivity contribution in [2.24, 2.45) is 0 Å². The van der Waals surface area contributed by atoms with Gasteiger partial charge in [0.1, 0.15) is 5.82 Å². The topological polar surface area (TPSA) is 54.4 Å². The molecule has 1 aromatic rings. The van der Waals surface area contributed by atoms with Crippen LogP contribution in [-0.4, -0.2) is 16.9 Å². The second-order valence-electron chi connectivity index (χ2n) is 2.68. The average molecular weight is 273 g/mol. The van der Waals surface area contributed by atoms with Gasteiger partial charge in [-0.15, -0.1) is 0 Å². The predicted octanol–water partition coefficient (Wildman–Crippen LogP) is 2.26. The molecule has 0 atom stereocenters. The van der Waals surface area contributed by atoms with Gasteiger partial charge in [-0.2, -0.15) is 0 Å². The summed E-state index contributed by atoms with van der Waals surface area (Å²) < 4.78 is 13.1. The van der Waals surface area contributed by atoms with Crippen LogP contribution in [0.5, 0.6) is 0 Å². The van der Waals surface area contributed by atoms with Crippen LogP contribution in [0.1, 0.15) is 5.56 Å². The van der Waals surface area contributed by atoms with Gasteiger partial charge in [-0.05, 0) is 39.7 Å². The van der Waals surface area contributed by atoms with E-state index in [2.05, 4.69) is 15.9 Å². The van der Waals surface area contributed by atoms with E-state index in [1.165, 1.54) is 24.3 Å². The van der Waals surface area contributed by atoms with Crippen molar-refractivity contribution in [2.45, 2.75) is 0 Å². The Morgan fingerprint density at radius 3 is 2.60 bits per heavy atom. The van der Waals surface area contributed by atoms with Gasteiger partial charge in [0, 0.05) is 0 Å². The summed E-state index contributed by atoms with van der Waals surface area (Å²) >= 11 is 2.97. The fraction of sp³-hybridized carbons (Fsp3) is 0. The van der Waals surface area contributed by atoms with E-state index in [-0.39, 0.29) is 4.47 Å². The van der Waals surface area contributed by atoms with E-state index < -0.39 is 17.6 Å². The Labute approximate surface area is 93.4 Å². The summed E-state index contributed by atoms with van der Waals surface area (Å²) in [5.74, 6) is -2.96. The minimum absolute atomic E-state index is 0.257. The standard InChI is InChI=1S/C10H6BrFO3/c11-7-5-6(1-3-8(7)12)2-4-9(13)10(14)15/h1-5H,(H,14,15)/b4-2+. The van der Waals surface area contributed by atoms with Gasteiger partial charge in [0.05, 0.1) is 4.47 Å². The van der Waals surface area contributed by atoms with Crippen molar-refractivity contribution < 1.29 is 19.1 Å². The lowest BCUT2D eigenvalue weighted by molar-refractivity contribution is -0.146. The van der Waals surface area contributed by atoms with E-state index in [0.717, 1.165) is 6.08 Å². The quantitative estimate of drug-likeness (QED) is 0.678. The fourth-order valence-electron chi connectivity index (χ4n) is 0.859. The molecule has 0 spiro atoms. The Bertz CT molecular complexity index is 440. The third kappa shape index (κ3) is 3.28. The summed E-state index contributed by atoms with van der Waals surface area (Å²) in [5, 5.41) is 8.29. The third-order valence-electron chi connectivity index (χ3n) is 1.58. The van der Waals surface area contributed by atoms with Gasteiger partial charge in [-0.3, -0.25) is 4.79 Å². The average Bonchev–Trinajstić information content (AvgIpc) is 2.19. The minimum Gasteiger partial charge on any atom is -0.475 e. The number of halogens is 2. The number of ketones is 1. The lowest BCUT2D eigenvalue weighted by atomic mass is 10.2. The highest BCUT2D eigenvalue weighted by Crippen LogP contribution is 2.17. The SMILES string of the molecule is O=C(O)C(=O)/C=C/c1ccc(F)c(Br)c1. The van der Waals surface area contributed by atoms with Crippen molar-refractivity contribution in [1.82, 2.24) is 0 Å². The first-order chi connectivity index (χ1) is 7.00. The summed E-state index contributed by atoms with van der Waals surface area (Å²) in [6.07, 6.45) is 2.22. The normalized spacial score (nSPS) is 10.5. The molecule has 0 saturated heterocycles. The summed E-state index contributed by atoms with van der Waals surface area (Å²) in [7, 11) is 0. The molecule has 0 aliphatic carbocycles. The van der Waals surface area contributed by atoms with Crippen molar-refractivity contribution in [3.05, 3.63) is 40.1 Å². The van der Waals surface area contributed by atoms with E-state index in [1.807, 2.05) is 0 Å². The second-order valence-corrected chi connectivity index (χ2v) is 3.53. The zero-order chi connectivity index (χ0) is 11.4. The summed E-state index contributed by atoms with van der Waals surface area (Å²) in [6.45, 7) is 0. The van der Waals surface area contributed by atoms with Crippen molar-refractivity contribution in [3.63, 3.8) is 0 Å². The summed E-state index contributed by atoms with van der Waals surface area (Å²) in [4.78, 5) is 20.9. The van der Waals surface area contributed by atoms with Gasteiger partial charge >= 0.3 is 5.97 Å². The number of benzene rings is 1. The molecule has 5 heteroatoms. The number of carbonyl (C=O) groups is 2. The van der Waals surface area contributed by atoms with E-state index >= 15 is 0 Å². The van der Waals surface area contributed by atoms with Crippen molar-refractivity contribution >= 4 is 33.8 Å². The summed E-state index contributed by atoms with van der Waals surface area (Å²) in [6, 6.07) is 4.10. The van der Waals surface area contributed by atoms with Crippen molar-refractivity contribution in [2.75, 3.05) is 0 Å². The van der Waals surface area contributed by atoms with E-state index in [9.17, 15) is 14.0 Å². The Kier molecular flexibility index (Phi) is 3.74. The van der Waals surface area contributed by atoms with Crippen LogP contribution in [0.4, 0.5) is 4.39 Å². The van der Waals surface area contributed by atoms with E-state index in [0.29, 0.717) is 5.56 Å². The van der Waals surface area contributed by atoms with Gasteiger partial charge in [0.2, 0.25) is 0 Å². The lowest BCUT2D eigenvalue weighted by Crippen LogP contribution is -2.08. The fourth-order valence-corrected chi connectivity index (χ4v) is 1.26. The molecule has 0 aromatic heterocycles. The number of carboxylic acid groups (broad SMARTS) is 1. The summed E-state index contributed by atoms with van der Waals surface area (Å²) in [5.41, 5.74) is 0.540. The molecule has 3 nitrogen and oxygen atoms in total. The maximum absolute atomic E-state index is 12.8. The van der Waals surface area contributed by atoms with Crippen LogP contribution in [0.3, 0.4) is 0 Å². The van der Waals surface area contributed by atoms with Crippen LogP contribution >= 0.6 is 15.9 Å². The molecule has 78 valence electrons. The predicted molar refractivity (Wildman–Crippen MR) is 55.8 cm³/mol. The number of aliphatic carboxylic acids is 1. The van der Waals surface area contributed by atoms with Crippen LogP contribution in [-0.2, 0) is 9.59 Å².